The fourth-order valence-electron chi connectivity index (χ4n) is 2.83. The molecule has 0 fully saturated rings. The molecule has 0 unspecified atom stereocenters. The summed E-state index contributed by atoms with van der Waals surface area (Å²) in [4.78, 5) is 18.4. The Hall–Kier alpha value is -2.94. The highest BCUT2D eigenvalue weighted by Gasteiger charge is 2.21. The van der Waals surface area contributed by atoms with Gasteiger partial charge in [0.2, 0.25) is 0 Å². The van der Waals surface area contributed by atoms with Crippen molar-refractivity contribution in [3.05, 3.63) is 48.2 Å². The second-order valence-electron chi connectivity index (χ2n) is 6.20. The number of amides is 1. The molecule has 0 N–H and O–H groups in total. The standard InChI is InChI=1S/C20H26N4O4S/c1-5-23(6-2)17-10-11-18(16(3)15-17)24(21-4)20(25)28-13-14-29(26,27)19-9-7-8-12-22-19/h7-12,15H,4-6,13-14H2,1-3H3. The van der Waals surface area contributed by atoms with Crippen LogP contribution in [0.15, 0.2) is 52.7 Å². The molecule has 1 heterocycles. The molecule has 2 aromatic rings. The monoisotopic (exact) mass is 418 g/mol. The Morgan fingerprint density at radius 3 is 2.48 bits per heavy atom. The predicted molar refractivity (Wildman–Crippen MR) is 114 cm³/mol. The van der Waals surface area contributed by atoms with E-state index in [4.69, 9.17) is 4.74 Å². The van der Waals surface area contributed by atoms with E-state index in [1.54, 1.807) is 18.2 Å². The quantitative estimate of drug-likeness (QED) is 0.458. The molecular weight excluding hydrogens is 392 g/mol. The third-order valence-electron chi connectivity index (χ3n) is 4.39. The van der Waals surface area contributed by atoms with E-state index in [-0.39, 0.29) is 17.4 Å². The molecule has 0 atom stereocenters. The number of ether oxygens (including phenoxy) is 1. The largest absolute Gasteiger partial charge is 0.447 e. The van der Waals surface area contributed by atoms with Crippen molar-refractivity contribution in [2.24, 2.45) is 5.10 Å². The van der Waals surface area contributed by atoms with E-state index in [0.29, 0.717) is 5.69 Å². The van der Waals surface area contributed by atoms with Crippen molar-refractivity contribution in [2.75, 3.05) is 35.4 Å². The first-order valence-corrected chi connectivity index (χ1v) is 10.9. The molecule has 2 rings (SSSR count). The van der Waals surface area contributed by atoms with Gasteiger partial charge in [-0.25, -0.2) is 18.2 Å². The number of rotatable bonds is 9. The van der Waals surface area contributed by atoms with Crippen LogP contribution < -0.4 is 9.91 Å². The molecule has 1 amide bonds. The SMILES string of the molecule is C=NN(C(=O)OCCS(=O)(=O)c1ccccn1)c1ccc(N(CC)CC)cc1C. The average molecular weight is 419 g/mol. The molecule has 0 aliphatic carbocycles. The van der Waals surface area contributed by atoms with Crippen LogP contribution in [0.2, 0.25) is 0 Å². The number of pyridine rings is 1. The van der Waals surface area contributed by atoms with Gasteiger partial charge in [0.15, 0.2) is 14.9 Å². The number of nitrogens with zero attached hydrogens (tertiary/aromatic N) is 4. The smallest absolute Gasteiger partial charge is 0.435 e. The summed E-state index contributed by atoms with van der Waals surface area (Å²) in [5.74, 6) is -0.374. The Balaban J connectivity index is 2.06. The third kappa shape index (κ3) is 5.54. The number of aryl methyl sites for hydroxylation is 1. The van der Waals surface area contributed by atoms with Gasteiger partial charge in [0, 0.05) is 31.7 Å². The van der Waals surface area contributed by atoms with Gasteiger partial charge in [0.05, 0.1) is 11.4 Å². The zero-order valence-electron chi connectivity index (χ0n) is 16.9. The Bertz CT molecular complexity index is 944. The molecule has 156 valence electrons. The van der Waals surface area contributed by atoms with Gasteiger partial charge in [-0.1, -0.05) is 6.07 Å². The normalized spacial score (nSPS) is 11.0. The van der Waals surface area contributed by atoms with Gasteiger partial charge >= 0.3 is 6.09 Å². The zero-order valence-corrected chi connectivity index (χ0v) is 17.7. The lowest BCUT2D eigenvalue weighted by Gasteiger charge is -2.24. The van der Waals surface area contributed by atoms with Crippen molar-refractivity contribution in [1.82, 2.24) is 4.98 Å². The van der Waals surface area contributed by atoms with Crippen LogP contribution in [0.3, 0.4) is 0 Å². The Morgan fingerprint density at radius 1 is 1.21 bits per heavy atom. The average Bonchev–Trinajstić information content (AvgIpc) is 2.71. The summed E-state index contributed by atoms with van der Waals surface area (Å²) in [6.45, 7) is 10.8. The predicted octanol–water partition coefficient (Wildman–Crippen LogP) is 3.27. The van der Waals surface area contributed by atoms with Gasteiger partial charge in [-0.15, -0.1) is 0 Å². The first-order valence-electron chi connectivity index (χ1n) is 9.27. The molecule has 1 aromatic heterocycles. The number of benzene rings is 1. The molecule has 0 radical (unpaired) electrons. The van der Waals surface area contributed by atoms with Crippen LogP contribution in [-0.2, 0) is 14.6 Å². The van der Waals surface area contributed by atoms with Gasteiger partial charge in [-0.05, 0) is 56.7 Å². The number of hydrazone groups is 1. The molecule has 0 saturated carbocycles. The Morgan fingerprint density at radius 2 is 1.93 bits per heavy atom. The van der Waals surface area contributed by atoms with Crippen LogP contribution >= 0.6 is 0 Å². The lowest BCUT2D eigenvalue weighted by Crippen LogP contribution is -2.29. The number of anilines is 2. The van der Waals surface area contributed by atoms with Gasteiger partial charge in [0.1, 0.15) is 6.61 Å². The maximum absolute atomic E-state index is 12.4. The number of carbonyl (C=O) groups is 1. The number of carbonyl (C=O) groups excluding carboxylic acids is 1. The number of hydrogen-bond acceptors (Lipinski definition) is 7. The van der Waals surface area contributed by atoms with Crippen molar-refractivity contribution < 1.29 is 17.9 Å². The van der Waals surface area contributed by atoms with E-state index in [1.165, 1.54) is 12.3 Å². The summed E-state index contributed by atoms with van der Waals surface area (Å²) in [6, 6.07) is 10.2. The topological polar surface area (TPSA) is 92.2 Å². The second kappa shape index (κ2) is 10.0. The maximum atomic E-state index is 12.4. The van der Waals surface area contributed by atoms with E-state index in [9.17, 15) is 13.2 Å². The summed E-state index contributed by atoms with van der Waals surface area (Å²) in [7, 11) is -3.64. The molecule has 29 heavy (non-hydrogen) atoms. The van der Waals surface area contributed by atoms with Crippen LogP contribution in [0.4, 0.5) is 16.2 Å². The molecule has 9 heteroatoms. The van der Waals surface area contributed by atoms with Crippen LogP contribution in [0, 0.1) is 6.92 Å². The van der Waals surface area contributed by atoms with Gasteiger partial charge in [0.25, 0.3) is 0 Å². The molecule has 0 aliphatic rings. The van der Waals surface area contributed by atoms with Crippen LogP contribution in [0.25, 0.3) is 0 Å². The molecular formula is C20H26N4O4S. The minimum atomic E-state index is -3.64. The Kier molecular flexibility index (Phi) is 7.72. The van der Waals surface area contributed by atoms with Crippen LogP contribution in [-0.4, -0.2) is 51.7 Å². The molecule has 0 saturated heterocycles. The summed E-state index contributed by atoms with van der Waals surface area (Å²) < 4.78 is 29.6. The van der Waals surface area contributed by atoms with E-state index in [0.717, 1.165) is 29.3 Å². The van der Waals surface area contributed by atoms with Crippen molar-refractivity contribution in [1.29, 1.82) is 0 Å². The van der Waals surface area contributed by atoms with E-state index in [1.807, 2.05) is 19.1 Å². The first kappa shape index (κ1) is 22.4. The molecule has 0 bridgehead atoms. The maximum Gasteiger partial charge on any atom is 0.435 e. The molecule has 0 spiro atoms. The number of hydrogen-bond donors (Lipinski definition) is 0. The van der Waals surface area contributed by atoms with E-state index < -0.39 is 15.9 Å². The third-order valence-corrected chi connectivity index (χ3v) is 5.97. The molecule has 0 aliphatic heterocycles. The summed E-state index contributed by atoms with van der Waals surface area (Å²) in [5, 5.41) is 4.71. The van der Waals surface area contributed by atoms with Gasteiger partial charge in [-0.2, -0.15) is 10.1 Å². The number of sulfone groups is 1. The first-order chi connectivity index (χ1) is 13.8. The van der Waals surface area contributed by atoms with E-state index in [2.05, 4.69) is 35.6 Å². The summed E-state index contributed by atoms with van der Waals surface area (Å²) in [6.07, 6.45) is 0.599. The lowest BCUT2D eigenvalue weighted by atomic mass is 10.1. The zero-order chi connectivity index (χ0) is 21.4. The van der Waals surface area contributed by atoms with Crippen molar-refractivity contribution in [2.45, 2.75) is 25.8 Å². The molecule has 8 nitrogen and oxygen atoms in total. The van der Waals surface area contributed by atoms with Gasteiger partial charge in [-0.3, -0.25) is 0 Å². The molecule has 1 aromatic carbocycles. The highest BCUT2D eigenvalue weighted by molar-refractivity contribution is 7.91. The Labute approximate surface area is 171 Å². The minimum absolute atomic E-state index is 0.0578. The highest BCUT2D eigenvalue weighted by Crippen LogP contribution is 2.26. The van der Waals surface area contributed by atoms with Crippen LogP contribution in [0.5, 0.6) is 0 Å². The number of aromatic nitrogens is 1. The van der Waals surface area contributed by atoms with Crippen LogP contribution in [0.1, 0.15) is 19.4 Å². The fraction of sp³-hybridized carbons (Fsp3) is 0.350. The summed E-state index contributed by atoms with van der Waals surface area (Å²) >= 11 is 0. The van der Waals surface area contributed by atoms with Crippen molar-refractivity contribution in [3.8, 4) is 0 Å². The fourth-order valence-corrected chi connectivity index (χ4v) is 3.85. The lowest BCUT2D eigenvalue weighted by molar-refractivity contribution is 0.160. The second-order valence-corrected chi connectivity index (χ2v) is 8.25. The van der Waals surface area contributed by atoms with Crippen molar-refractivity contribution >= 4 is 34.0 Å². The summed E-state index contributed by atoms with van der Waals surface area (Å²) in [5.41, 5.74) is 2.38. The van der Waals surface area contributed by atoms with Crippen molar-refractivity contribution in [3.63, 3.8) is 0 Å². The van der Waals surface area contributed by atoms with E-state index >= 15 is 0 Å². The minimum Gasteiger partial charge on any atom is -0.447 e. The van der Waals surface area contributed by atoms with Gasteiger partial charge < -0.3 is 9.64 Å². The highest BCUT2D eigenvalue weighted by atomic mass is 32.2.